The number of epoxide rings is 1. The Morgan fingerprint density at radius 2 is 1.81 bits per heavy atom. The molecule has 3 heteroatoms. The number of likely N-dealkylation sites (tertiary alicyclic amines) is 1. The van der Waals surface area contributed by atoms with Gasteiger partial charge in [-0.1, -0.05) is 13.8 Å². The van der Waals surface area contributed by atoms with Gasteiger partial charge in [0, 0.05) is 5.41 Å². The molecule has 0 aromatic heterocycles. The van der Waals surface area contributed by atoms with Gasteiger partial charge in [0.1, 0.15) is 0 Å². The fraction of sp³-hybridized carbons (Fsp3) is 0.957. The third-order valence-electron chi connectivity index (χ3n) is 10.2. The summed E-state index contributed by atoms with van der Waals surface area (Å²) < 4.78 is 5.96. The number of carbonyl (C=O) groups excluding carboxylic acids is 1. The van der Waals surface area contributed by atoms with Crippen LogP contribution in [0.5, 0.6) is 0 Å². The van der Waals surface area contributed by atoms with E-state index in [0.29, 0.717) is 29.3 Å². The van der Waals surface area contributed by atoms with E-state index in [1.54, 1.807) is 0 Å². The van der Waals surface area contributed by atoms with E-state index in [0.717, 1.165) is 37.3 Å². The molecule has 26 heavy (non-hydrogen) atoms. The van der Waals surface area contributed by atoms with Crippen LogP contribution in [0.2, 0.25) is 0 Å². The Bertz CT molecular complexity index is 628. The fourth-order valence-electron chi connectivity index (χ4n) is 8.68. The van der Waals surface area contributed by atoms with Gasteiger partial charge in [-0.05, 0) is 100.0 Å². The van der Waals surface area contributed by atoms with Crippen LogP contribution >= 0.6 is 0 Å². The minimum absolute atomic E-state index is 0.0229. The second kappa shape index (κ2) is 5.35. The maximum atomic E-state index is 13.5. The molecule has 4 saturated carbocycles. The van der Waals surface area contributed by atoms with E-state index in [9.17, 15) is 4.79 Å². The molecule has 6 fully saturated rings. The smallest absolute Gasteiger partial charge is 0.156 e. The van der Waals surface area contributed by atoms with Gasteiger partial charge in [0.25, 0.3) is 0 Å². The van der Waals surface area contributed by atoms with Crippen LogP contribution in [-0.4, -0.2) is 42.0 Å². The molecule has 0 amide bonds. The van der Waals surface area contributed by atoms with E-state index >= 15 is 0 Å². The minimum Gasteiger partial charge on any atom is -0.370 e. The monoisotopic (exact) mass is 357 g/mol. The summed E-state index contributed by atoms with van der Waals surface area (Å²) in [5, 5.41) is 0. The van der Waals surface area contributed by atoms with Gasteiger partial charge < -0.3 is 4.74 Å². The fourth-order valence-corrected chi connectivity index (χ4v) is 8.68. The standard InChI is InChI=1S/C23H35NO2/c1-22-8-7-16-15(6-5-14-11-19-20(26-19)13-23(14,16)2)17(22)12-18(21(22)25)24-9-3-4-10-24/h14-20H,3-13H2,1-2H3/t14-,15+,16-,17-,18+,19-,20+,22-,23-/m0/s1. The molecule has 0 aromatic carbocycles. The van der Waals surface area contributed by atoms with Crippen molar-refractivity contribution in [3.63, 3.8) is 0 Å². The van der Waals surface area contributed by atoms with Crippen LogP contribution in [0, 0.1) is 34.5 Å². The van der Waals surface area contributed by atoms with Crippen molar-refractivity contribution in [2.45, 2.75) is 89.9 Å². The number of hydrogen-bond donors (Lipinski definition) is 0. The lowest BCUT2D eigenvalue weighted by atomic mass is 9.45. The van der Waals surface area contributed by atoms with E-state index < -0.39 is 0 Å². The van der Waals surface area contributed by atoms with E-state index in [4.69, 9.17) is 4.74 Å². The topological polar surface area (TPSA) is 32.8 Å². The van der Waals surface area contributed by atoms with Gasteiger partial charge in [0.15, 0.2) is 5.78 Å². The summed E-state index contributed by atoms with van der Waals surface area (Å²) in [6, 6.07) is 0.249. The van der Waals surface area contributed by atoms with Crippen molar-refractivity contribution >= 4 is 5.78 Å². The van der Waals surface area contributed by atoms with Gasteiger partial charge in [0.2, 0.25) is 0 Å². The molecule has 0 N–H and O–H groups in total. The predicted octanol–water partition coefficient (Wildman–Crippen LogP) is 4.05. The van der Waals surface area contributed by atoms with Crippen molar-refractivity contribution in [1.82, 2.24) is 4.90 Å². The van der Waals surface area contributed by atoms with Gasteiger partial charge in [-0.3, -0.25) is 9.69 Å². The zero-order valence-corrected chi connectivity index (χ0v) is 16.6. The maximum Gasteiger partial charge on any atom is 0.156 e. The second-order valence-corrected chi connectivity index (χ2v) is 11.1. The molecule has 0 aromatic rings. The largest absolute Gasteiger partial charge is 0.370 e. The quantitative estimate of drug-likeness (QED) is 0.664. The zero-order valence-electron chi connectivity index (χ0n) is 16.6. The average Bonchev–Trinajstić information content (AvgIpc) is 3.02. The van der Waals surface area contributed by atoms with Crippen molar-refractivity contribution in [1.29, 1.82) is 0 Å². The van der Waals surface area contributed by atoms with Crippen LogP contribution in [0.3, 0.4) is 0 Å². The molecule has 6 aliphatic rings. The normalized spacial score (nSPS) is 58.7. The van der Waals surface area contributed by atoms with Crippen LogP contribution in [0.15, 0.2) is 0 Å². The molecular weight excluding hydrogens is 322 g/mol. The molecule has 2 aliphatic heterocycles. The van der Waals surface area contributed by atoms with Crippen molar-refractivity contribution in [2.24, 2.45) is 34.5 Å². The van der Waals surface area contributed by atoms with Gasteiger partial charge in [-0.2, -0.15) is 0 Å². The molecule has 0 bridgehead atoms. The van der Waals surface area contributed by atoms with Crippen molar-refractivity contribution in [2.75, 3.05) is 13.1 Å². The molecule has 6 rings (SSSR count). The lowest BCUT2D eigenvalue weighted by Gasteiger charge is -2.58. The molecule has 3 nitrogen and oxygen atoms in total. The Labute approximate surface area is 158 Å². The summed E-state index contributed by atoms with van der Waals surface area (Å²) in [6.07, 6.45) is 12.8. The van der Waals surface area contributed by atoms with Crippen LogP contribution in [0.25, 0.3) is 0 Å². The maximum absolute atomic E-state index is 13.5. The molecule has 2 saturated heterocycles. The molecule has 0 radical (unpaired) electrons. The Balaban J connectivity index is 1.30. The number of hydrogen-bond acceptors (Lipinski definition) is 3. The van der Waals surface area contributed by atoms with Gasteiger partial charge in [-0.15, -0.1) is 0 Å². The van der Waals surface area contributed by atoms with E-state index in [1.807, 2.05) is 0 Å². The summed E-state index contributed by atoms with van der Waals surface area (Å²) in [5.74, 6) is 3.78. The highest BCUT2D eigenvalue weighted by molar-refractivity contribution is 5.92. The Morgan fingerprint density at radius 3 is 2.62 bits per heavy atom. The minimum atomic E-state index is -0.0229. The van der Waals surface area contributed by atoms with E-state index in [2.05, 4.69) is 18.7 Å². The zero-order chi connectivity index (χ0) is 17.7. The molecule has 9 atom stereocenters. The summed E-state index contributed by atoms with van der Waals surface area (Å²) in [6.45, 7) is 7.27. The van der Waals surface area contributed by atoms with Crippen molar-refractivity contribution in [3.05, 3.63) is 0 Å². The van der Waals surface area contributed by atoms with Crippen LogP contribution in [-0.2, 0) is 9.53 Å². The number of Topliss-reactive ketones (excluding diaryl/α,β-unsaturated/α-hetero) is 1. The van der Waals surface area contributed by atoms with Gasteiger partial charge in [-0.25, -0.2) is 0 Å². The first kappa shape index (κ1) is 16.5. The lowest BCUT2D eigenvalue weighted by Crippen LogP contribution is -2.53. The number of rotatable bonds is 1. The molecule has 144 valence electrons. The van der Waals surface area contributed by atoms with Crippen LogP contribution < -0.4 is 0 Å². The molecule has 0 spiro atoms. The SMILES string of the molecule is C[C@]12C[C@H]3O[C@H]3C[C@@H]1CC[C@@H]1[C@@H]2CC[C@]2(C)C(=O)[C@H](N3CCCC3)C[C@@H]12. The lowest BCUT2D eigenvalue weighted by molar-refractivity contribution is -0.139. The Kier molecular flexibility index (Phi) is 3.40. The third-order valence-corrected chi connectivity index (χ3v) is 10.2. The average molecular weight is 358 g/mol. The molecule has 2 heterocycles. The number of fused-ring (bicyclic) bond motifs is 6. The van der Waals surface area contributed by atoms with Crippen LogP contribution in [0.1, 0.15) is 71.6 Å². The predicted molar refractivity (Wildman–Crippen MR) is 101 cm³/mol. The highest BCUT2D eigenvalue weighted by Gasteiger charge is 2.65. The number of nitrogens with zero attached hydrogens (tertiary/aromatic N) is 1. The third kappa shape index (κ3) is 2.05. The summed E-state index contributed by atoms with van der Waals surface area (Å²) in [5.41, 5.74) is 0.460. The number of carbonyl (C=O) groups is 1. The van der Waals surface area contributed by atoms with E-state index in [1.165, 1.54) is 51.4 Å². The molecule has 0 unspecified atom stereocenters. The summed E-state index contributed by atoms with van der Waals surface area (Å²) >= 11 is 0. The number of ether oxygens (including phenoxy) is 1. The molecule has 4 aliphatic carbocycles. The summed E-state index contributed by atoms with van der Waals surface area (Å²) in [4.78, 5) is 16.0. The van der Waals surface area contributed by atoms with Crippen LogP contribution in [0.4, 0.5) is 0 Å². The van der Waals surface area contributed by atoms with Crippen molar-refractivity contribution in [3.8, 4) is 0 Å². The van der Waals surface area contributed by atoms with Gasteiger partial charge in [0.05, 0.1) is 18.2 Å². The Morgan fingerprint density at radius 1 is 1.00 bits per heavy atom. The summed E-state index contributed by atoms with van der Waals surface area (Å²) in [7, 11) is 0. The second-order valence-electron chi connectivity index (χ2n) is 11.1. The number of ketones is 1. The highest BCUT2D eigenvalue weighted by Crippen LogP contribution is 2.67. The van der Waals surface area contributed by atoms with Gasteiger partial charge >= 0.3 is 0 Å². The first-order valence-corrected chi connectivity index (χ1v) is 11.4. The Hall–Kier alpha value is -0.410. The van der Waals surface area contributed by atoms with Crippen molar-refractivity contribution < 1.29 is 9.53 Å². The van der Waals surface area contributed by atoms with E-state index in [-0.39, 0.29) is 11.5 Å². The molecular formula is C23H35NO2. The highest BCUT2D eigenvalue weighted by atomic mass is 16.6. The first-order chi connectivity index (χ1) is 12.5. The first-order valence-electron chi connectivity index (χ1n) is 11.4.